The Labute approximate surface area is 188 Å². The fraction of sp³-hybridized carbons (Fsp3) is 0.182. The normalized spacial score (nSPS) is 15.1. The lowest BCUT2D eigenvalue weighted by Crippen LogP contribution is -2.31. The molecule has 1 amide bonds. The number of aromatic amines is 1. The third-order valence-electron chi connectivity index (χ3n) is 5.31. The molecule has 0 saturated carbocycles. The Kier molecular flexibility index (Phi) is 5.21. The molecule has 156 valence electrons. The number of aromatic nitrogens is 5. The minimum Gasteiger partial charge on any atom is -0.339 e. The van der Waals surface area contributed by atoms with Crippen LogP contribution in [0.1, 0.15) is 45.9 Å². The third kappa shape index (κ3) is 3.82. The van der Waals surface area contributed by atoms with Crippen LogP contribution in [0.25, 0.3) is 5.69 Å². The summed E-state index contributed by atoms with van der Waals surface area (Å²) < 4.78 is 1.80. The van der Waals surface area contributed by atoms with Gasteiger partial charge in [0.2, 0.25) is 5.82 Å². The zero-order valence-electron chi connectivity index (χ0n) is 16.3. The molecule has 1 atom stereocenters. The average molecular weight is 453 g/mol. The Morgan fingerprint density at radius 3 is 2.71 bits per heavy atom. The molecule has 7 nitrogen and oxygen atoms in total. The van der Waals surface area contributed by atoms with Crippen LogP contribution in [0.2, 0.25) is 10.3 Å². The Bertz CT molecular complexity index is 1250. The molecule has 2 aromatic carbocycles. The van der Waals surface area contributed by atoms with Crippen LogP contribution in [-0.2, 0) is 12.8 Å². The van der Waals surface area contributed by atoms with Gasteiger partial charge < -0.3 is 5.32 Å². The summed E-state index contributed by atoms with van der Waals surface area (Å²) >= 11 is 12.7. The van der Waals surface area contributed by atoms with E-state index in [4.69, 9.17) is 23.2 Å². The first-order valence-corrected chi connectivity index (χ1v) is 10.6. The molecule has 31 heavy (non-hydrogen) atoms. The number of rotatable bonds is 4. The molecule has 0 fully saturated rings. The fourth-order valence-corrected chi connectivity index (χ4v) is 4.24. The predicted molar refractivity (Wildman–Crippen MR) is 118 cm³/mol. The van der Waals surface area contributed by atoms with E-state index in [1.807, 2.05) is 54.6 Å². The largest absolute Gasteiger partial charge is 0.339 e. The topological polar surface area (TPSA) is 88.5 Å². The van der Waals surface area contributed by atoms with E-state index in [-0.39, 0.29) is 22.9 Å². The molecule has 2 aromatic heterocycles. The molecule has 2 N–H and O–H groups in total. The molecule has 0 bridgehead atoms. The van der Waals surface area contributed by atoms with Crippen molar-refractivity contribution in [1.29, 1.82) is 0 Å². The van der Waals surface area contributed by atoms with E-state index in [1.54, 1.807) is 4.57 Å². The van der Waals surface area contributed by atoms with Gasteiger partial charge in [-0.2, -0.15) is 0 Å². The van der Waals surface area contributed by atoms with Gasteiger partial charge in [-0.3, -0.25) is 14.5 Å². The first kappa shape index (κ1) is 19.8. The van der Waals surface area contributed by atoms with Gasteiger partial charge in [-0.1, -0.05) is 71.7 Å². The number of halogens is 2. The maximum atomic E-state index is 12.9. The van der Waals surface area contributed by atoms with Crippen molar-refractivity contribution in [1.82, 2.24) is 30.0 Å². The number of carbonyl (C=O) groups is 1. The second kappa shape index (κ2) is 8.17. The Morgan fingerprint density at radius 2 is 1.87 bits per heavy atom. The molecule has 0 aliphatic carbocycles. The average Bonchev–Trinajstić information content (AvgIpc) is 3.32. The van der Waals surface area contributed by atoms with Crippen molar-refractivity contribution in [2.75, 3.05) is 0 Å². The first-order valence-electron chi connectivity index (χ1n) is 9.88. The number of amides is 1. The Hall–Kier alpha value is -3.16. The molecule has 4 aromatic rings. The summed E-state index contributed by atoms with van der Waals surface area (Å²) in [5, 5.41) is 10.5. The summed E-state index contributed by atoms with van der Waals surface area (Å²) in [6.45, 7) is 0. The van der Waals surface area contributed by atoms with Crippen LogP contribution in [0.3, 0.4) is 0 Å². The number of nitrogens with one attached hydrogen (secondary N) is 2. The summed E-state index contributed by atoms with van der Waals surface area (Å²) in [5.41, 5.74) is 3.11. The van der Waals surface area contributed by atoms with E-state index in [2.05, 4.69) is 25.5 Å². The smallest absolute Gasteiger partial charge is 0.291 e. The highest BCUT2D eigenvalue weighted by Crippen LogP contribution is 2.35. The molecule has 1 aliphatic rings. The lowest BCUT2D eigenvalue weighted by molar-refractivity contribution is 0.0922. The van der Waals surface area contributed by atoms with Crippen LogP contribution in [-0.4, -0.2) is 30.6 Å². The van der Waals surface area contributed by atoms with E-state index < -0.39 is 0 Å². The maximum Gasteiger partial charge on any atom is 0.291 e. The minimum absolute atomic E-state index is 0.0861. The summed E-state index contributed by atoms with van der Waals surface area (Å²) in [5.74, 6) is 0.918. The first-order chi connectivity index (χ1) is 15.1. The predicted octanol–water partition coefficient (Wildman–Crippen LogP) is 4.31. The quantitative estimate of drug-likeness (QED) is 0.482. The second-order valence-electron chi connectivity index (χ2n) is 7.35. The van der Waals surface area contributed by atoms with E-state index in [9.17, 15) is 4.79 Å². The van der Waals surface area contributed by atoms with Crippen molar-refractivity contribution in [3.8, 4) is 5.69 Å². The number of benzene rings is 2. The Balaban J connectivity index is 1.39. The van der Waals surface area contributed by atoms with Crippen LogP contribution in [0.5, 0.6) is 0 Å². The van der Waals surface area contributed by atoms with E-state index in [1.165, 1.54) is 0 Å². The van der Waals surface area contributed by atoms with Crippen molar-refractivity contribution in [2.24, 2.45) is 0 Å². The molecule has 0 saturated heterocycles. The van der Waals surface area contributed by atoms with E-state index in [0.29, 0.717) is 29.6 Å². The molecule has 1 aliphatic heterocycles. The van der Waals surface area contributed by atoms with Gasteiger partial charge >= 0.3 is 0 Å². The van der Waals surface area contributed by atoms with Crippen molar-refractivity contribution in [3.05, 3.63) is 93.5 Å². The number of hydrogen-bond acceptors (Lipinski definition) is 4. The summed E-state index contributed by atoms with van der Waals surface area (Å²) in [6.07, 6.45) is 1.97. The molecule has 5 rings (SSSR count). The third-order valence-corrected chi connectivity index (χ3v) is 6.02. The van der Waals surface area contributed by atoms with Crippen LogP contribution in [0.15, 0.2) is 54.6 Å². The lowest BCUT2D eigenvalue weighted by Gasteiger charge is -2.16. The van der Waals surface area contributed by atoms with Gasteiger partial charge in [0.25, 0.3) is 5.91 Å². The van der Waals surface area contributed by atoms with Crippen LogP contribution in [0, 0.1) is 0 Å². The van der Waals surface area contributed by atoms with Gasteiger partial charge in [0.15, 0.2) is 10.3 Å². The van der Waals surface area contributed by atoms with Crippen molar-refractivity contribution >= 4 is 29.1 Å². The minimum atomic E-state index is -0.388. The highest BCUT2D eigenvalue weighted by molar-refractivity contribution is 6.40. The molecular weight excluding hydrogens is 435 g/mol. The monoisotopic (exact) mass is 452 g/mol. The zero-order chi connectivity index (χ0) is 21.4. The molecule has 0 spiro atoms. The molecule has 0 radical (unpaired) electrons. The standard InChI is InChI=1S/C22H18Cl2N6O/c23-18-19(24)30-16-9-5-4-8-14(16)10-11-15(21(30)27-18)25-22(31)20-26-17(28-29-20)12-13-6-2-1-3-7-13/h1-9,15H,10-12H2,(H,25,31)(H,26,28,29). The number of nitrogens with zero attached hydrogens (tertiary/aromatic N) is 4. The van der Waals surface area contributed by atoms with Gasteiger partial charge in [0.1, 0.15) is 11.6 Å². The summed E-state index contributed by atoms with van der Waals surface area (Å²) in [4.78, 5) is 21.7. The highest BCUT2D eigenvalue weighted by Gasteiger charge is 2.29. The molecule has 3 heterocycles. The number of aryl methyl sites for hydroxylation is 1. The Morgan fingerprint density at radius 1 is 1.10 bits per heavy atom. The SMILES string of the molecule is O=C(NC1CCc2ccccc2-n2c1nc(Cl)c2Cl)c1n[nH]c(Cc2ccccc2)n1. The number of carbonyl (C=O) groups excluding carboxylic acids is 1. The van der Waals surface area contributed by atoms with Gasteiger partial charge in [-0.15, -0.1) is 5.10 Å². The number of H-pyrrole nitrogens is 1. The summed E-state index contributed by atoms with van der Waals surface area (Å²) in [7, 11) is 0. The fourth-order valence-electron chi connectivity index (χ4n) is 3.85. The van der Waals surface area contributed by atoms with Gasteiger partial charge in [-0.05, 0) is 30.0 Å². The summed E-state index contributed by atoms with van der Waals surface area (Å²) in [6, 6.07) is 17.4. The van der Waals surface area contributed by atoms with Crippen molar-refractivity contribution in [2.45, 2.75) is 25.3 Å². The number of para-hydroxylation sites is 1. The zero-order valence-corrected chi connectivity index (χ0v) is 17.9. The van der Waals surface area contributed by atoms with Crippen molar-refractivity contribution in [3.63, 3.8) is 0 Å². The molecular formula is C22H18Cl2N6O. The van der Waals surface area contributed by atoms with Crippen LogP contribution in [0.4, 0.5) is 0 Å². The number of imidazole rings is 1. The van der Waals surface area contributed by atoms with Crippen LogP contribution >= 0.6 is 23.2 Å². The number of hydrogen-bond donors (Lipinski definition) is 2. The molecule has 1 unspecified atom stereocenters. The highest BCUT2D eigenvalue weighted by atomic mass is 35.5. The van der Waals surface area contributed by atoms with Crippen LogP contribution < -0.4 is 5.32 Å². The van der Waals surface area contributed by atoms with E-state index >= 15 is 0 Å². The maximum absolute atomic E-state index is 12.9. The number of fused-ring (bicyclic) bond motifs is 3. The second-order valence-corrected chi connectivity index (χ2v) is 8.06. The lowest BCUT2D eigenvalue weighted by atomic mass is 10.1. The van der Waals surface area contributed by atoms with E-state index in [0.717, 1.165) is 23.2 Å². The van der Waals surface area contributed by atoms with Gasteiger partial charge in [0, 0.05) is 6.42 Å². The van der Waals surface area contributed by atoms with Gasteiger partial charge in [-0.25, -0.2) is 9.97 Å². The van der Waals surface area contributed by atoms with Crippen molar-refractivity contribution < 1.29 is 4.79 Å². The van der Waals surface area contributed by atoms with Gasteiger partial charge in [0.05, 0.1) is 11.7 Å². The molecule has 9 heteroatoms.